The molecule has 9 heteroatoms. The maximum absolute atomic E-state index is 11.6. The monoisotopic (exact) mass is 338 g/mol. The van der Waals surface area contributed by atoms with E-state index in [-0.39, 0.29) is 17.8 Å². The molecule has 3 N–H and O–H groups in total. The van der Waals surface area contributed by atoms with E-state index in [1.807, 2.05) is 0 Å². The first-order valence-corrected chi connectivity index (χ1v) is 8.73. The first-order valence-electron chi connectivity index (χ1n) is 7.29. The lowest BCUT2D eigenvalue weighted by atomic mass is 10.1. The third-order valence-electron chi connectivity index (χ3n) is 3.95. The van der Waals surface area contributed by atoms with E-state index in [4.69, 9.17) is 10.5 Å². The second-order valence-electron chi connectivity index (χ2n) is 5.55. The highest BCUT2D eigenvalue weighted by Crippen LogP contribution is 2.31. The van der Waals surface area contributed by atoms with Crippen molar-refractivity contribution in [2.24, 2.45) is 10.1 Å². The molecule has 0 radical (unpaired) electrons. The lowest BCUT2D eigenvalue weighted by Gasteiger charge is -2.25. The Bertz CT molecular complexity index is 775. The lowest BCUT2D eigenvalue weighted by molar-refractivity contribution is -0.130. The number of nitrogens with one attached hydrogen (secondary N) is 1. The summed E-state index contributed by atoms with van der Waals surface area (Å²) < 4.78 is 34.7. The summed E-state index contributed by atoms with van der Waals surface area (Å²) in [6.45, 7) is 2.61. The third-order valence-corrected chi connectivity index (χ3v) is 4.87. The van der Waals surface area contributed by atoms with Crippen molar-refractivity contribution in [1.82, 2.24) is 4.90 Å². The highest BCUT2D eigenvalue weighted by atomic mass is 32.2. The minimum absolute atomic E-state index is 0.0156. The van der Waals surface area contributed by atoms with Crippen molar-refractivity contribution in [3.63, 3.8) is 0 Å². The summed E-state index contributed by atoms with van der Waals surface area (Å²) in [5, 5.41) is 0. The Hall–Kier alpha value is -2.29. The number of fused-ring (bicyclic) bond motifs is 1. The molecule has 0 unspecified atom stereocenters. The Morgan fingerprint density at radius 3 is 3.04 bits per heavy atom. The van der Waals surface area contributed by atoms with Crippen LogP contribution in [0.3, 0.4) is 0 Å². The summed E-state index contributed by atoms with van der Waals surface area (Å²) in [5.41, 5.74) is 6.53. The molecule has 1 saturated heterocycles. The molecule has 0 spiro atoms. The van der Waals surface area contributed by atoms with Gasteiger partial charge in [-0.1, -0.05) is 6.07 Å². The Kier molecular flexibility index (Phi) is 3.88. The number of hydrogen-bond acceptors (Lipinski definition) is 5. The fourth-order valence-electron chi connectivity index (χ4n) is 2.95. The van der Waals surface area contributed by atoms with Crippen LogP contribution in [0.1, 0.15) is 25.3 Å². The number of anilines is 1. The zero-order valence-corrected chi connectivity index (χ0v) is 13.5. The van der Waals surface area contributed by atoms with Crippen LogP contribution >= 0.6 is 0 Å². The molecule has 0 bridgehead atoms. The Morgan fingerprint density at radius 1 is 1.52 bits per heavy atom. The topological polar surface area (TPSA) is 114 Å². The molecular formula is C14H18N4O4S. The number of nitrogens with two attached hydrogens (primary N) is 1. The van der Waals surface area contributed by atoms with E-state index in [1.54, 1.807) is 30.0 Å². The van der Waals surface area contributed by atoms with E-state index in [0.717, 1.165) is 19.4 Å². The normalized spacial score (nSPS) is 22.0. The van der Waals surface area contributed by atoms with Crippen LogP contribution in [-0.4, -0.2) is 44.3 Å². The van der Waals surface area contributed by atoms with Gasteiger partial charge in [0.2, 0.25) is 5.91 Å². The molecule has 2 aliphatic rings. The van der Waals surface area contributed by atoms with Gasteiger partial charge in [-0.15, -0.1) is 4.40 Å². The molecular weight excluding hydrogens is 320 g/mol. The van der Waals surface area contributed by atoms with Gasteiger partial charge in [-0.2, -0.15) is 8.42 Å². The molecule has 1 aromatic rings. The summed E-state index contributed by atoms with van der Waals surface area (Å²) >= 11 is 0. The van der Waals surface area contributed by atoms with Crippen LogP contribution < -0.4 is 15.2 Å². The van der Waals surface area contributed by atoms with Gasteiger partial charge in [0.25, 0.3) is 0 Å². The number of amides is 1. The molecule has 1 aromatic carbocycles. The predicted octanol–water partition coefficient (Wildman–Crippen LogP) is 0.452. The summed E-state index contributed by atoms with van der Waals surface area (Å²) in [6.07, 6.45) is 1.83. The predicted molar refractivity (Wildman–Crippen MR) is 85.6 cm³/mol. The highest BCUT2D eigenvalue weighted by molar-refractivity contribution is 7.91. The van der Waals surface area contributed by atoms with Crippen LogP contribution in [0.25, 0.3) is 0 Å². The van der Waals surface area contributed by atoms with Crippen molar-refractivity contribution in [2.75, 3.05) is 17.9 Å². The molecule has 1 fully saturated rings. The van der Waals surface area contributed by atoms with E-state index >= 15 is 0 Å². The number of carbonyl (C=O) groups excluding carboxylic acids is 1. The van der Waals surface area contributed by atoms with Crippen LogP contribution in [0.5, 0.6) is 5.75 Å². The molecule has 124 valence electrons. The van der Waals surface area contributed by atoms with Crippen molar-refractivity contribution in [3.8, 4) is 5.75 Å². The quantitative estimate of drug-likeness (QED) is 0.830. The molecule has 0 saturated carbocycles. The first-order chi connectivity index (χ1) is 10.9. The number of likely N-dealkylation sites (tertiary alicyclic amines) is 1. The van der Waals surface area contributed by atoms with Gasteiger partial charge in [-0.3, -0.25) is 9.52 Å². The Balaban J connectivity index is 1.82. The second kappa shape index (κ2) is 5.73. The van der Waals surface area contributed by atoms with Gasteiger partial charge in [0.1, 0.15) is 12.4 Å². The van der Waals surface area contributed by atoms with Crippen LogP contribution in [0.2, 0.25) is 0 Å². The largest absolute Gasteiger partial charge is 0.491 e. The fourth-order valence-corrected chi connectivity index (χ4v) is 3.79. The van der Waals surface area contributed by atoms with Gasteiger partial charge in [0.05, 0.1) is 17.3 Å². The van der Waals surface area contributed by atoms with Gasteiger partial charge in [-0.05, 0) is 25.0 Å². The number of nitrogens with zero attached hydrogens (tertiary/aromatic N) is 2. The molecule has 2 heterocycles. The average Bonchev–Trinajstić information content (AvgIpc) is 2.91. The zero-order valence-electron chi connectivity index (χ0n) is 12.7. The summed E-state index contributed by atoms with van der Waals surface area (Å²) in [4.78, 5) is 13.4. The average molecular weight is 338 g/mol. The van der Waals surface area contributed by atoms with Gasteiger partial charge in [0.15, 0.2) is 5.84 Å². The number of benzene rings is 1. The summed E-state index contributed by atoms with van der Waals surface area (Å²) in [5.74, 6) is 0.366. The minimum atomic E-state index is -3.81. The van der Waals surface area contributed by atoms with Crippen LogP contribution in [0.15, 0.2) is 22.6 Å². The van der Waals surface area contributed by atoms with Gasteiger partial charge in [0, 0.05) is 13.5 Å². The van der Waals surface area contributed by atoms with Crippen molar-refractivity contribution in [3.05, 3.63) is 23.8 Å². The summed E-state index contributed by atoms with van der Waals surface area (Å²) in [6, 6.07) is 4.99. The standard InChI is InChI=1S/C14H18N4O4S/c1-9(19)18-7-3-4-10(18)8-22-12-6-2-5-11-13(12)14(15)17-23(20,21)16-11/h2,5-6,10,16H,3-4,7-8H2,1H3,(H2,15,17)/t10-/m1/s1. The Morgan fingerprint density at radius 2 is 2.30 bits per heavy atom. The minimum Gasteiger partial charge on any atom is -0.491 e. The van der Waals surface area contributed by atoms with Gasteiger partial charge >= 0.3 is 10.2 Å². The third kappa shape index (κ3) is 3.09. The molecule has 1 atom stereocenters. The molecule has 0 aliphatic carbocycles. The van der Waals surface area contributed by atoms with Crippen molar-refractivity contribution >= 4 is 27.6 Å². The zero-order chi connectivity index (χ0) is 16.6. The van der Waals surface area contributed by atoms with E-state index in [2.05, 4.69) is 9.12 Å². The van der Waals surface area contributed by atoms with E-state index in [1.165, 1.54) is 0 Å². The van der Waals surface area contributed by atoms with E-state index in [9.17, 15) is 13.2 Å². The van der Waals surface area contributed by atoms with Crippen molar-refractivity contribution in [2.45, 2.75) is 25.8 Å². The summed E-state index contributed by atoms with van der Waals surface area (Å²) in [7, 11) is -3.81. The maximum atomic E-state index is 11.6. The molecule has 23 heavy (non-hydrogen) atoms. The van der Waals surface area contributed by atoms with Crippen molar-refractivity contribution < 1.29 is 17.9 Å². The van der Waals surface area contributed by atoms with Gasteiger partial charge < -0.3 is 15.4 Å². The SMILES string of the molecule is CC(=O)N1CCC[C@@H]1COc1cccc2c1C(N)=NS(=O)(=O)N2. The number of hydrogen-bond donors (Lipinski definition) is 2. The molecule has 8 nitrogen and oxygen atoms in total. The van der Waals surface area contributed by atoms with Crippen molar-refractivity contribution in [1.29, 1.82) is 0 Å². The van der Waals surface area contributed by atoms with Crippen LogP contribution in [-0.2, 0) is 15.0 Å². The fraction of sp³-hybridized carbons (Fsp3) is 0.429. The number of ether oxygens (including phenoxy) is 1. The van der Waals surface area contributed by atoms with Crippen LogP contribution in [0, 0.1) is 0 Å². The number of rotatable bonds is 3. The second-order valence-corrected chi connectivity index (χ2v) is 6.89. The van der Waals surface area contributed by atoms with E-state index < -0.39 is 10.2 Å². The van der Waals surface area contributed by atoms with E-state index in [0.29, 0.717) is 23.6 Å². The Labute approximate surface area is 134 Å². The maximum Gasteiger partial charge on any atom is 0.344 e. The highest BCUT2D eigenvalue weighted by Gasteiger charge is 2.28. The number of amidine groups is 1. The lowest BCUT2D eigenvalue weighted by Crippen LogP contribution is -2.37. The van der Waals surface area contributed by atoms with Crippen LogP contribution in [0.4, 0.5) is 5.69 Å². The number of carbonyl (C=O) groups is 1. The smallest absolute Gasteiger partial charge is 0.344 e. The molecule has 3 rings (SSSR count). The molecule has 2 aliphatic heterocycles. The van der Waals surface area contributed by atoms with Gasteiger partial charge in [-0.25, -0.2) is 0 Å². The molecule has 0 aromatic heterocycles. The molecule has 1 amide bonds. The first kappa shape index (κ1) is 15.6.